The maximum Gasteiger partial charge on any atom is 0.220 e. The van der Waals surface area contributed by atoms with Gasteiger partial charge in [-0.15, -0.1) is 0 Å². The van der Waals surface area contributed by atoms with E-state index in [0.29, 0.717) is 13.0 Å². The van der Waals surface area contributed by atoms with Crippen LogP contribution in [0.1, 0.15) is 33.6 Å². The normalized spacial score (nSPS) is 9.00. The number of amides is 1. The summed E-state index contributed by atoms with van der Waals surface area (Å²) in [7, 11) is 0. The minimum absolute atomic E-state index is 0.144. The first-order valence-corrected chi connectivity index (χ1v) is 4.07. The molecule has 0 atom stereocenters. The minimum Gasteiger partial charge on any atom is -0.353 e. The number of carbonyl (C=O) groups excluding carboxylic acids is 1. The van der Waals surface area contributed by atoms with Crippen molar-refractivity contribution in [1.82, 2.24) is 5.32 Å². The van der Waals surface area contributed by atoms with E-state index in [-0.39, 0.29) is 5.91 Å². The van der Waals surface area contributed by atoms with Crippen LogP contribution in [-0.4, -0.2) is 12.5 Å². The fourth-order valence-corrected chi connectivity index (χ4v) is 0.684. The Balaban J connectivity index is 3.39. The molecule has 0 heterocycles. The second-order valence-electron chi connectivity index (χ2n) is 2.84. The molecule has 0 saturated heterocycles. The van der Waals surface area contributed by atoms with Crippen molar-refractivity contribution in [3.8, 4) is 0 Å². The van der Waals surface area contributed by atoms with E-state index in [1.54, 1.807) is 0 Å². The summed E-state index contributed by atoms with van der Waals surface area (Å²) in [6, 6.07) is 0. The highest BCUT2D eigenvalue weighted by molar-refractivity contribution is 5.75. The van der Waals surface area contributed by atoms with E-state index in [9.17, 15) is 4.79 Å². The zero-order valence-corrected chi connectivity index (χ0v) is 7.61. The van der Waals surface area contributed by atoms with Crippen molar-refractivity contribution in [2.45, 2.75) is 33.6 Å². The standard InChI is InChI=1S/C9H17NO/c1-4-5-9(11)10-7-6-8(2)3/h6H,4-5,7H2,1-3H3,(H,10,11). The van der Waals surface area contributed by atoms with Gasteiger partial charge in [-0.3, -0.25) is 4.79 Å². The summed E-state index contributed by atoms with van der Waals surface area (Å²) in [5.74, 6) is 0.144. The summed E-state index contributed by atoms with van der Waals surface area (Å²) in [5.41, 5.74) is 1.24. The lowest BCUT2D eigenvalue weighted by Gasteiger charge is -1.99. The van der Waals surface area contributed by atoms with Gasteiger partial charge >= 0.3 is 0 Å². The van der Waals surface area contributed by atoms with Gasteiger partial charge in [0.1, 0.15) is 0 Å². The smallest absolute Gasteiger partial charge is 0.220 e. The molecule has 0 spiro atoms. The van der Waals surface area contributed by atoms with Gasteiger partial charge in [0, 0.05) is 13.0 Å². The zero-order chi connectivity index (χ0) is 8.69. The minimum atomic E-state index is 0.144. The van der Waals surface area contributed by atoms with E-state index >= 15 is 0 Å². The van der Waals surface area contributed by atoms with Crippen LogP contribution in [0.2, 0.25) is 0 Å². The largest absolute Gasteiger partial charge is 0.353 e. The molecular formula is C9H17NO. The molecule has 2 nitrogen and oxygen atoms in total. The van der Waals surface area contributed by atoms with Crippen LogP contribution in [0.4, 0.5) is 0 Å². The van der Waals surface area contributed by atoms with Gasteiger partial charge in [-0.1, -0.05) is 18.6 Å². The Bertz CT molecular complexity index is 146. The number of rotatable bonds is 4. The fraction of sp³-hybridized carbons (Fsp3) is 0.667. The Morgan fingerprint density at radius 3 is 2.55 bits per heavy atom. The Hall–Kier alpha value is -0.790. The van der Waals surface area contributed by atoms with Gasteiger partial charge in [0.15, 0.2) is 0 Å². The van der Waals surface area contributed by atoms with E-state index in [2.05, 4.69) is 5.32 Å². The molecule has 0 bridgehead atoms. The average molecular weight is 155 g/mol. The third-order valence-electron chi connectivity index (χ3n) is 1.29. The van der Waals surface area contributed by atoms with Gasteiger partial charge in [0.25, 0.3) is 0 Å². The molecule has 0 radical (unpaired) electrons. The SMILES string of the molecule is CCCC(=O)NCC=C(C)C. The van der Waals surface area contributed by atoms with Crippen molar-refractivity contribution < 1.29 is 4.79 Å². The molecule has 1 amide bonds. The van der Waals surface area contributed by atoms with Crippen molar-refractivity contribution in [3.05, 3.63) is 11.6 Å². The maximum atomic E-state index is 10.9. The fourth-order valence-electron chi connectivity index (χ4n) is 0.684. The summed E-state index contributed by atoms with van der Waals surface area (Å²) in [5, 5.41) is 2.80. The number of hydrogen-bond acceptors (Lipinski definition) is 1. The van der Waals surface area contributed by atoms with Crippen LogP contribution in [0.15, 0.2) is 11.6 Å². The summed E-state index contributed by atoms with van der Waals surface area (Å²) in [6.45, 7) is 6.71. The van der Waals surface area contributed by atoms with Gasteiger partial charge in [0.2, 0.25) is 5.91 Å². The Morgan fingerprint density at radius 2 is 2.09 bits per heavy atom. The van der Waals surface area contributed by atoms with Crippen molar-refractivity contribution in [2.75, 3.05) is 6.54 Å². The van der Waals surface area contributed by atoms with Crippen molar-refractivity contribution >= 4 is 5.91 Å². The predicted octanol–water partition coefficient (Wildman–Crippen LogP) is 1.87. The summed E-state index contributed by atoms with van der Waals surface area (Å²) in [6.07, 6.45) is 3.56. The van der Waals surface area contributed by atoms with Crippen LogP contribution in [0.5, 0.6) is 0 Å². The summed E-state index contributed by atoms with van der Waals surface area (Å²) >= 11 is 0. The molecule has 0 aromatic rings. The Morgan fingerprint density at radius 1 is 1.45 bits per heavy atom. The van der Waals surface area contributed by atoms with Gasteiger partial charge in [-0.25, -0.2) is 0 Å². The molecule has 0 saturated carbocycles. The number of nitrogens with one attached hydrogen (secondary N) is 1. The molecule has 64 valence electrons. The number of allylic oxidation sites excluding steroid dienone is 1. The average Bonchev–Trinajstić information content (AvgIpc) is 1.87. The molecule has 0 aliphatic rings. The van der Waals surface area contributed by atoms with Gasteiger partial charge < -0.3 is 5.32 Å². The van der Waals surface area contributed by atoms with Crippen LogP contribution < -0.4 is 5.32 Å². The van der Waals surface area contributed by atoms with Crippen molar-refractivity contribution in [1.29, 1.82) is 0 Å². The number of hydrogen-bond donors (Lipinski definition) is 1. The molecule has 0 rings (SSSR count). The first-order valence-electron chi connectivity index (χ1n) is 4.07. The van der Waals surface area contributed by atoms with Crippen LogP contribution in [0.25, 0.3) is 0 Å². The maximum absolute atomic E-state index is 10.9. The highest BCUT2D eigenvalue weighted by Gasteiger charge is 1.94. The molecule has 2 heteroatoms. The van der Waals surface area contributed by atoms with Crippen LogP contribution in [-0.2, 0) is 4.79 Å². The lowest BCUT2D eigenvalue weighted by Crippen LogP contribution is -2.22. The molecule has 1 N–H and O–H groups in total. The van der Waals surface area contributed by atoms with E-state index in [4.69, 9.17) is 0 Å². The van der Waals surface area contributed by atoms with E-state index in [1.165, 1.54) is 5.57 Å². The third-order valence-corrected chi connectivity index (χ3v) is 1.29. The molecule has 0 fully saturated rings. The van der Waals surface area contributed by atoms with E-state index < -0.39 is 0 Å². The topological polar surface area (TPSA) is 29.1 Å². The lowest BCUT2D eigenvalue weighted by atomic mass is 10.3. The second-order valence-corrected chi connectivity index (χ2v) is 2.84. The lowest BCUT2D eigenvalue weighted by molar-refractivity contribution is -0.120. The molecule has 0 aromatic carbocycles. The third kappa shape index (κ3) is 7.10. The van der Waals surface area contributed by atoms with Crippen molar-refractivity contribution in [2.24, 2.45) is 0 Å². The summed E-state index contributed by atoms with van der Waals surface area (Å²) in [4.78, 5) is 10.9. The van der Waals surface area contributed by atoms with Gasteiger partial charge in [0.05, 0.1) is 0 Å². The quantitative estimate of drug-likeness (QED) is 0.617. The Labute approximate surface area is 68.7 Å². The first kappa shape index (κ1) is 10.2. The second kappa shape index (κ2) is 5.96. The van der Waals surface area contributed by atoms with Gasteiger partial charge in [-0.2, -0.15) is 0 Å². The van der Waals surface area contributed by atoms with Crippen LogP contribution in [0, 0.1) is 0 Å². The highest BCUT2D eigenvalue weighted by Crippen LogP contribution is 1.88. The Kier molecular flexibility index (Phi) is 5.53. The van der Waals surface area contributed by atoms with E-state index in [1.807, 2.05) is 26.8 Å². The van der Waals surface area contributed by atoms with E-state index in [0.717, 1.165) is 6.42 Å². The molecule has 11 heavy (non-hydrogen) atoms. The predicted molar refractivity (Wildman–Crippen MR) is 47.3 cm³/mol. The van der Waals surface area contributed by atoms with Crippen LogP contribution >= 0.6 is 0 Å². The highest BCUT2D eigenvalue weighted by atomic mass is 16.1. The first-order chi connectivity index (χ1) is 5.16. The molecule has 0 unspecified atom stereocenters. The monoisotopic (exact) mass is 155 g/mol. The number of carbonyl (C=O) groups is 1. The molecule has 0 aliphatic heterocycles. The van der Waals surface area contributed by atoms with Gasteiger partial charge in [-0.05, 0) is 20.3 Å². The van der Waals surface area contributed by atoms with Crippen molar-refractivity contribution in [3.63, 3.8) is 0 Å². The molecule has 0 aromatic heterocycles. The summed E-state index contributed by atoms with van der Waals surface area (Å²) < 4.78 is 0. The molecular weight excluding hydrogens is 138 g/mol. The van der Waals surface area contributed by atoms with Crippen LogP contribution in [0.3, 0.4) is 0 Å². The molecule has 0 aliphatic carbocycles. The zero-order valence-electron chi connectivity index (χ0n) is 7.61.